The minimum Gasteiger partial charge on any atom is -0.268 e. The van der Waals surface area contributed by atoms with Crippen LogP contribution >= 0.6 is 11.3 Å². The molecule has 5 nitrogen and oxygen atoms in total. The molecule has 19 heavy (non-hydrogen) atoms. The fraction of sp³-hybridized carbons (Fsp3) is 0.417. The molecule has 3 rings (SSSR count). The summed E-state index contributed by atoms with van der Waals surface area (Å²) in [6.07, 6.45) is 4.42. The summed E-state index contributed by atoms with van der Waals surface area (Å²) in [5, 5.41) is 6.06. The third-order valence-corrected chi connectivity index (χ3v) is 6.72. The predicted molar refractivity (Wildman–Crippen MR) is 73.7 cm³/mol. The van der Waals surface area contributed by atoms with E-state index in [2.05, 4.69) is 5.10 Å². The van der Waals surface area contributed by atoms with Crippen LogP contribution in [0.3, 0.4) is 0 Å². The van der Waals surface area contributed by atoms with Gasteiger partial charge in [0.1, 0.15) is 4.21 Å². The molecular weight excluding hydrogens is 282 g/mol. The van der Waals surface area contributed by atoms with E-state index in [-0.39, 0.29) is 6.04 Å². The fourth-order valence-electron chi connectivity index (χ4n) is 2.31. The van der Waals surface area contributed by atoms with E-state index in [9.17, 15) is 8.42 Å². The zero-order chi connectivity index (χ0) is 13.5. The number of hydrogen-bond acceptors (Lipinski definition) is 4. The standard InChI is InChI=1S/C12H15N3O2S2/c1-10-7-12(18-9-10)19(16,17)14-6-3-11(8-14)15-5-2-4-13-15/h2,4-5,7,9,11H,3,6,8H2,1H3. The molecule has 1 atom stereocenters. The summed E-state index contributed by atoms with van der Waals surface area (Å²) in [4.78, 5) is 0. The Labute approximate surface area is 116 Å². The van der Waals surface area contributed by atoms with Crippen molar-refractivity contribution >= 4 is 21.4 Å². The molecule has 3 heterocycles. The molecule has 1 saturated heterocycles. The average molecular weight is 297 g/mol. The Morgan fingerprint density at radius 2 is 2.32 bits per heavy atom. The lowest BCUT2D eigenvalue weighted by Gasteiger charge is -2.15. The Balaban J connectivity index is 1.81. The topological polar surface area (TPSA) is 55.2 Å². The van der Waals surface area contributed by atoms with Gasteiger partial charge in [0.05, 0.1) is 6.04 Å². The molecule has 0 bridgehead atoms. The largest absolute Gasteiger partial charge is 0.268 e. The maximum Gasteiger partial charge on any atom is 0.252 e. The summed E-state index contributed by atoms with van der Waals surface area (Å²) in [6.45, 7) is 2.97. The van der Waals surface area contributed by atoms with Gasteiger partial charge >= 0.3 is 0 Å². The molecule has 0 saturated carbocycles. The first-order chi connectivity index (χ1) is 9.07. The molecule has 1 unspecified atom stereocenters. The summed E-state index contributed by atoms with van der Waals surface area (Å²) in [5.74, 6) is 0. The maximum atomic E-state index is 12.5. The monoisotopic (exact) mass is 297 g/mol. The zero-order valence-electron chi connectivity index (χ0n) is 10.6. The Morgan fingerprint density at radius 3 is 2.95 bits per heavy atom. The summed E-state index contributed by atoms with van der Waals surface area (Å²) < 4.78 is 28.8. The van der Waals surface area contributed by atoms with Gasteiger partial charge in [-0.1, -0.05) is 0 Å². The second-order valence-electron chi connectivity index (χ2n) is 4.73. The van der Waals surface area contributed by atoms with Crippen molar-refractivity contribution in [3.63, 3.8) is 0 Å². The number of rotatable bonds is 3. The summed E-state index contributed by atoms with van der Waals surface area (Å²) in [5.41, 5.74) is 0.992. The predicted octanol–water partition coefficient (Wildman–Crippen LogP) is 1.89. The van der Waals surface area contributed by atoms with E-state index in [4.69, 9.17) is 0 Å². The van der Waals surface area contributed by atoms with Crippen molar-refractivity contribution in [1.29, 1.82) is 0 Å². The van der Waals surface area contributed by atoms with E-state index in [1.807, 2.05) is 29.2 Å². The molecule has 0 amide bonds. The van der Waals surface area contributed by atoms with Gasteiger partial charge in [-0.05, 0) is 36.4 Å². The minimum atomic E-state index is -3.33. The highest BCUT2D eigenvalue weighted by atomic mass is 32.2. The molecule has 1 aliphatic rings. The van der Waals surface area contributed by atoms with E-state index in [1.165, 1.54) is 11.3 Å². The summed E-state index contributed by atoms with van der Waals surface area (Å²) in [7, 11) is -3.33. The molecule has 7 heteroatoms. The quantitative estimate of drug-likeness (QED) is 0.869. The van der Waals surface area contributed by atoms with E-state index < -0.39 is 10.0 Å². The second kappa shape index (κ2) is 4.73. The highest BCUT2D eigenvalue weighted by Gasteiger charge is 2.34. The molecule has 0 N–H and O–H groups in total. The van der Waals surface area contributed by atoms with Crippen LogP contribution in [0.5, 0.6) is 0 Å². The van der Waals surface area contributed by atoms with Gasteiger partial charge < -0.3 is 0 Å². The number of hydrogen-bond donors (Lipinski definition) is 0. The molecule has 1 aliphatic heterocycles. The lowest BCUT2D eigenvalue weighted by atomic mass is 10.3. The molecule has 0 aliphatic carbocycles. The Hall–Kier alpha value is -1.18. The van der Waals surface area contributed by atoms with Crippen LogP contribution in [0.4, 0.5) is 0 Å². The number of thiophene rings is 1. The first kappa shape index (κ1) is 12.8. The van der Waals surface area contributed by atoms with Gasteiger partial charge in [0.25, 0.3) is 10.0 Å². The highest BCUT2D eigenvalue weighted by molar-refractivity contribution is 7.91. The van der Waals surface area contributed by atoms with Gasteiger partial charge in [-0.15, -0.1) is 11.3 Å². The van der Waals surface area contributed by atoms with Crippen LogP contribution in [0.25, 0.3) is 0 Å². The van der Waals surface area contributed by atoms with Crippen LogP contribution in [0.1, 0.15) is 18.0 Å². The van der Waals surface area contributed by atoms with Crippen molar-refractivity contribution in [2.45, 2.75) is 23.6 Å². The lowest BCUT2D eigenvalue weighted by Crippen LogP contribution is -2.28. The molecule has 1 fully saturated rings. The molecule has 2 aromatic heterocycles. The van der Waals surface area contributed by atoms with E-state index >= 15 is 0 Å². The number of aromatic nitrogens is 2. The first-order valence-corrected chi connectivity index (χ1v) is 8.44. The maximum absolute atomic E-state index is 12.5. The normalized spacial score (nSPS) is 21.0. The number of aryl methyl sites for hydroxylation is 1. The third kappa shape index (κ3) is 2.33. The summed E-state index contributed by atoms with van der Waals surface area (Å²) >= 11 is 1.29. The van der Waals surface area contributed by atoms with Crippen LogP contribution in [0.15, 0.2) is 34.1 Å². The van der Waals surface area contributed by atoms with Gasteiger partial charge in [0.2, 0.25) is 0 Å². The second-order valence-corrected chi connectivity index (χ2v) is 7.81. The van der Waals surface area contributed by atoms with Crippen molar-refractivity contribution in [3.05, 3.63) is 35.5 Å². The Morgan fingerprint density at radius 1 is 1.47 bits per heavy atom. The lowest BCUT2D eigenvalue weighted by molar-refractivity contribution is 0.435. The van der Waals surface area contributed by atoms with E-state index in [1.54, 1.807) is 16.6 Å². The SMILES string of the molecule is Cc1csc(S(=O)(=O)N2CCC(n3cccn3)C2)c1. The van der Waals surface area contributed by atoms with Gasteiger partial charge in [-0.2, -0.15) is 9.40 Å². The van der Waals surface area contributed by atoms with E-state index in [0.29, 0.717) is 17.3 Å². The van der Waals surface area contributed by atoms with Crippen molar-refractivity contribution in [1.82, 2.24) is 14.1 Å². The van der Waals surface area contributed by atoms with E-state index in [0.717, 1.165) is 12.0 Å². The average Bonchev–Trinajstić information content (AvgIpc) is 3.10. The van der Waals surface area contributed by atoms with Crippen LogP contribution in [-0.2, 0) is 10.0 Å². The van der Waals surface area contributed by atoms with Crippen molar-refractivity contribution in [2.24, 2.45) is 0 Å². The molecular formula is C12H15N3O2S2. The smallest absolute Gasteiger partial charge is 0.252 e. The third-order valence-electron chi connectivity index (χ3n) is 3.33. The Kier molecular flexibility index (Phi) is 3.20. The van der Waals surface area contributed by atoms with Crippen molar-refractivity contribution in [3.8, 4) is 0 Å². The zero-order valence-corrected chi connectivity index (χ0v) is 12.2. The molecule has 0 radical (unpaired) electrons. The van der Waals surface area contributed by atoms with Gasteiger partial charge in [-0.3, -0.25) is 4.68 Å². The van der Waals surface area contributed by atoms with Gasteiger partial charge in [0.15, 0.2) is 0 Å². The fourth-order valence-corrected chi connectivity index (χ4v) is 5.18. The van der Waals surface area contributed by atoms with Crippen LogP contribution in [0.2, 0.25) is 0 Å². The number of nitrogens with zero attached hydrogens (tertiary/aromatic N) is 3. The van der Waals surface area contributed by atoms with Crippen molar-refractivity contribution < 1.29 is 8.42 Å². The molecule has 102 valence electrons. The van der Waals surface area contributed by atoms with Crippen LogP contribution in [-0.4, -0.2) is 35.6 Å². The minimum absolute atomic E-state index is 0.144. The van der Waals surface area contributed by atoms with Crippen LogP contribution in [0, 0.1) is 6.92 Å². The Bertz CT molecular complexity index is 661. The molecule has 0 aromatic carbocycles. The van der Waals surface area contributed by atoms with Crippen LogP contribution < -0.4 is 0 Å². The number of sulfonamides is 1. The highest BCUT2D eigenvalue weighted by Crippen LogP contribution is 2.29. The first-order valence-electron chi connectivity index (χ1n) is 6.12. The molecule has 2 aromatic rings. The van der Waals surface area contributed by atoms with Gasteiger partial charge in [0, 0.05) is 25.5 Å². The molecule has 0 spiro atoms. The summed E-state index contributed by atoms with van der Waals surface area (Å²) in [6, 6.07) is 3.74. The van der Waals surface area contributed by atoms with Crippen molar-refractivity contribution in [2.75, 3.05) is 13.1 Å². The van der Waals surface area contributed by atoms with Gasteiger partial charge in [-0.25, -0.2) is 8.42 Å².